The Morgan fingerprint density at radius 3 is 2.78 bits per heavy atom. The van der Waals surface area contributed by atoms with Gasteiger partial charge < -0.3 is 10.6 Å². The molecule has 2 N–H and O–H groups in total. The summed E-state index contributed by atoms with van der Waals surface area (Å²) in [6.07, 6.45) is 2.20. The van der Waals surface area contributed by atoms with E-state index < -0.39 is 14.9 Å². The van der Waals surface area contributed by atoms with Crippen molar-refractivity contribution in [2.24, 2.45) is 5.92 Å². The zero-order valence-electron chi connectivity index (χ0n) is 17.8. The molecule has 0 aliphatic carbocycles. The lowest BCUT2D eigenvalue weighted by Crippen LogP contribution is -2.39. The van der Waals surface area contributed by atoms with Gasteiger partial charge in [0.2, 0.25) is 15.9 Å². The molecule has 0 aromatic heterocycles. The SMILES string of the molecule is C[C@H]1CCCN(S(=O)(=O)c2ccc(NCC[C@@H]3C(=O)Nc4ccccc43)c([N+](=O)[O-])c2)C1. The fourth-order valence-electron chi connectivity index (χ4n) is 4.40. The summed E-state index contributed by atoms with van der Waals surface area (Å²) in [4.78, 5) is 23.3. The standard InChI is InChI=1S/C22H26N4O5S/c1-15-5-4-12-25(14-15)32(30,31)16-8-9-20(21(13-16)26(28)29)23-11-10-18-17-6-2-3-7-19(17)24-22(18)27/h2-3,6-9,13,15,18,23H,4-5,10-12,14H2,1H3,(H,24,27)/t15-,18-/m0/s1. The number of hydrogen-bond acceptors (Lipinski definition) is 6. The molecular weight excluding hydrogens is 432 g/mol. The Hall–Kier alpha value is -2.98. The third-order valence-corrected chi connectivity index (χ3v) is 7.94. The number of carbonyl (C=O) groups is 1. The van der Waals surface area contributed by atoms with Gasteiger partial charge in [-0.3, -0.25) is 14.9 Å². The fourth-order valence-corrected chi connectivity index (χ4v) is 6.02. The van der Waals surface area contributed by atoms with E-state index in [1.54, 1.807) is 0 Å². The molecule has 2 aromatic carbocycles. The van der Waals surface area contributed by atoms with Crippen LogP contribution < -0.4 is 10.6 Å². The molecule has 2 aromatic rings. The van der Waals surface area contributed by atoms with Gasteiger partial charge in [0, 0.05) is 31.4 Å². The van der Waals surface area contributed by atoms with Gasteiger partial charge in [0.15, 0.2) is 0 Å². The number of nitro benzene ring substituents is 1. The Balaban J connectivity index is 1.49. The first-order valence-corrected chi connectivity index (χ1v) is 12.1. The number of hydrogen-bond donors (Lipinski definition) is 2. The van der Waals surface area contributed by atoms with E-state index in [4.69, 9.17) is 0 Å². The first kappa shape index (κ1) is 22.2. The Labute approximate surface area is 187 Å². The molecule has 2 atom stereocenters. The summed E-state index contributed by atoms with van der Waals surface area (Å²) < 4.78 is 27.4. The fraction of sp³-hybridized carbons (Fsp3) is 0.409. The van der Waals surface area contributed by atoms with E-state index in [2.05, 4.69) is 10.6 Å². The summed E-state index contributed by atoms with van der Waals surface area (Å²) >= 11 is 0. The van der Waals surface area contributed by atoms with Gasteiger partial charge in [-0.2, -0.15) is 4.31 Å². The van der Waals surface area contributed by atoms with Crippen LogP contribution in [-0.2, 0) is 14.8 Å². The molecule has 10 heteroatoms. The molecule has 0 radical (unpaired) electrons. The van der Waals surface area contributed by atoms with Gasteiger partial charge in [0.1, 0.15) is 5.69 Å². The lowest BCUT2D eigenvalue weighted by atomic mass is 9.97. The maximum Gasteiger partial charge on any atom is 0.293 e. The van der Waals surface area contributed by atoms with Crippen LogP contribution in [0.4, 0.5) is 17.1 Å². The Bertz CT molecular complexity index is 1150. The molecule has 2 aliphatic rings. The molecule has 170 valence electrons. The van der Waals surface area contributed by atoms with Crippen LogP contribution in [0.2, 0.25) is 0 Å². The molecule has 1 fully saturated rings. The van der Waals surface area contributed by atoms with Crippen molar-refractivity contribution in [3.63, 3.8) is 0 Å². The van der Waals surface area contributed by atoms with E-state index in [1.807, 2.05) is 31.2 Å². The maximum atomic E-state index is 13.0. The van der Waals surface area contributed by atoms with Crippen LogP contribution in [0.3, 0.4) is 0 Å². The number of sulfonamides is 1. The molecule has 0 saturated carbocycles. The molecule has 2 aliphatic heterocycles. The summed E-state index contributed by atoms with van der Waals surface area (Å²) in [5.41, 5.74) is 1.63. The molecule has 1 amide bonds. The zero-order chi connectivity index (χ0) is 22.9. The second-order valence-electron chi connectivity index (χ2n) is 8.39. The van der Waals surface area contributed by atoms with Gasteiger partial charge in [-0.05, 0) is 48.9 Å². The number of para-hydroxylation sites is 1. The first-order valence-electron chi connectivity index (χ1n) is 10.7. The number of piperidine rings is 1. The van der Waals surface area contributed by atoms with E-state index >= 15 is 0 Å². The maximum absolute atomic E-state index is 13.0. The quantitative estimate of drug-likeness (QED) is 0.483. The highest BCUT2D eigenvalue weighted by molar-refractivity contribution is 7.89. The Kier molecular flexibility index (Phi) is 6.16. The number of fused-ring (bicyclic) bond motifs is 1. The van der Waals surface area contributed by atoms with Crippen LogP contribution in [0.1, 0.15) is 37.7 Å². The number of nitrogens with one attached hydrogen (secondary N) is 2. The molecule has 9 nitrogen and oxygen atoms in total. The van der Waals surface area contributed by atoms with Gasteiger partial charge in [-0.1, -0.05) is 25.1 Å². The summed E-state index contributed by atoms with van der Waals surface area (Å²) in [6, 6.07) is 11.4. The Morgan fingerprint density at radius 1 is 1.25 bits per heavy atom. The average Bonchev–Trinajstić information content (AvgIpc) is 3.09. The minimum Gasteiger partial charge on any atom is -0.379 e. The third-order valence-electron chi connectivity index (χ3n) is 6.08. The molecule has 4 rings (SSSR count). The number of amides is 1. The van der Waals surface area contributed by atoms with Crippen molar-refractivity contribution in [1.29, 1.82) is 0 Å². The van der Waals surface area contributed by atoms with E-state index in [0.717, 1.165) is 30.2 Å². The molecule has 2 heterocycles. The number of carbonyl (C=O) groups excluding carboxylic acids is 1. The second kappa shape index (κ2) is 8.87. The number of anilines is 2. The smallest absolute Gasteiger partial charge is 0.293 e. The van der Waals surface area contributed by atoms with Crippen molar-refractivity contribution in [2.75, 3.05) is 30.3 Å². The third kappa shape index (κ3) is 4.33. The topological polar surface area (TPSA) is 122 Å². The first-order chi connectivity index (χ1) is 15.3. The van der Waals surface area contributed by atoms with E-state index in [-0.39, 0.29) is 34.0 Å². The van der Waals surface area contributed by atoms with Crippen LogP contribution in [-0.4, -0.2) is 43.2 Å². The van der Waals surface area contributed by atoms with E-state index in [9.17, 15) is 23.3 Å². The van der Waals surface area contributed by atoms with Gasteiger partial charge in [0.25, 0.3) is 5.69 Å². The van der Waals surface area contributed by atoms with Gasteiger partial charge >= 0.3 is 0 Å². The van der Waals surface area contributed by atoms with Crippen LogP contribution in [0.15, 0.2) is 47.4 Å². The summed E-state index contributed by atoms with van der Waals surface area (Å²) in [5.74, 6) is -0.175. The van der Waals surface area contributed by atoms with Crippen LogP contribution >= 0.6 is 0 Å². The largest absolute Gasteiger partial charge is 0.379 e. The minimum absolute atomic E-state index is 0.0760. The molecule has 0 bridgehead atoms. The average molecular weight is 459 g/mol. The second-order valence-corrected chi connectivity index (χ2v) is 10.3. The lowest BCUT2D eigenvalue weighted by Gasteiger charge is -2.30. The monoisotopic (exact) mass is 458 g/mol. The van der Waals surface area contributed by atoms with Crippen molar-refractivity contribution < 1.29 is 18.1 Å². The Morgan fingerprint density at radius 2 is 2.03 bits per heavy atom. The van der Waals surface area contributed by atoms with E-state index in [1.165, 1.54) is 16.4 Å². The van der Waals surface area contributed by atoms with Crippen molar-refractivity contribution in [1.82, 2.24) is 4.31 Å². The van der Waals surface area contributed by atoms with Crippen molar-refractivity contribution in [3.8, 4) is 0 Å². The van der Waals surface area contributed by atoms with Crippen LogP contribution in [0, 0.1) is 16.0 Å². The minimum atomic E-state index is -3.79. The predicted molar refractivity (Wildman–Crippen MR) is 121 cm³/mol. The molecule has 1 saturated heterocycles. The highest BCUT2D eigenvalue weighted by Crippen LogP contribution is 2.35. The number of nitro groups is 1. The van der Waals surface area contributed by atoms with Crippen LogP contribution in [0.25, 0.3) is 0 Å². The van der Waals surface area contributed by atoms with Crippen LogP contribution in [0.5, 0.6) is 0 Å². The van der Waals surface area contributed by atoms with Crippen molar-refractivity contribution >= 4 is 33.0 Å². The van der Waals surface area contributed by atoms with Gasteiger partial charge in [-0.15, -0.1) is 0 Å². The van der Waals surface area contributed by atoms with E-state index in [0.29, 0.717) is 26.1 Å². The highest BCUT2D eigenvalue weighted by Gasteiger charge is 2.32. The zero-order valence-corrected chi connectivity index (χ0v) is 18.6. The highest BCUT2D eigenvalue weighted by atomic mass is 32.2. The normalized spacial score (nSPS) is 21.1. The summed E-state index contributed by atoms with van der Waals surface area (Å²) in [5, 5.41) is 17.5. The van der Waals surface area contributed by atoms with Crippen molar-refractivity contribution in [3.05, 3.63) is 58.1 Å². The summed E-state index contributed by atoms with van der Waals surface area (Å²) in [7, 11) is -3.79. The van der Waals surface area contributed by atoms with Gasteiger partial charge in [-0.25, -0.2) is 8.42 Å². The summed E-state index contributed by atoms with van der Waals surface area (Å²) in [6.45, 7) is 3.16. The number of rotatable bonds is 7. The molecule has 32 heavy (non-hydrogen) atoms. The molecule has 0 spiro atoms. The number of benzene rings is 2. The predicted octanol–water partition coefficient (Wildman–Crippen LogP) is 3.55. The molecule has 0 unspecified atom stereocenters. The van der Waals surface area contributed by atoms with Crippen molar-refractivity contribution in [2.45, 2.75) is 37.0 Å². The lowest BCUT2D eigenvalue weighted by molar-refractivity contribution is -0.384. The number of nitrogens with zero attached hydrogens (tertiary/aromatic N) is 2. The molecular formula is C22H26N4O5S. The van der Waals surface area contributed by atoms with Gasteiger partial charge in [0.05, 0.1) is 15.7 Å².